The molecule has 0 aliphatic heterocycles. The molecule has 0 aliphatic rings. The first kappa shape index (κ1) is 6.52. The highest BCUT2D eigenvalue weighted by atomic mass is 16.2. The number of aliphatic hydroxyl groups excluding tert-OH is 1. The lowest BCUT2D eigenvalue weighted by Crippen LogP contribution is -1.79. The predicted octanol–water partition coefficient (Wildman–Crippen LogP) is 0.871. The topological polar surface area (TPSA) is 48.4 Å². The van der Waals surface area contributed by atoms with E-state index >= 15 is 0 Å². The Morgan fingerprint density at radius 2 is 2.62 bits per heavy atom. The van der Waals surface area contributed by atoms with Gasteiger partial charge < -0.3 is 9.95 Å². The molecule has 0 unspecified atom stereocenters. The van der Waals surface area contributed by atoms with Crippen LogP contribution in [0.25, 0.3) is 4.85 Å². The fourth-order valence-electron chi connectivity index (χ4n) is 0.190. The summed E-state index contributed by atoms with van der Waals surface area (Å²) in [6.45, 7) is 6.23. The van der Waals surface area contributed by atoms with Crippen molar-refractivity contribution in [1.29, 1.82) is 5.26 Å². The monoisotopic (exact) mass is 108 g/mol. The number of nitrogens with zero attached hydrogens (tertiary/aromatic N) is 2. The van der Waals surface area contributed by atoms with E-state index in [9.17, 15) is 0 Å². The number of hydrogen-bond donors (Lipinski definition) is 1. The Labute approximate surface area is 47.3 Å². The van der Waals surface area contributed by atoms with Gasteiger partial charge in [-0.05, 0) is 0 Å². The van der Waals surface area contributed by atoms with Gasteiger partial charge in [0.1, 0.15) is 17.9 Å². The molecule has 0 rings (SSSR count). The largest absolute Gasteiger partial charge is 0.514 e. The summed E-state index contributed by atoms with van der Waals surface area (Å²) in [5, 5.41) is 16.2. The summed E-state index contributed by atoms with van der Waals surface area (Å²) in [4.78, 5) is 2.88. The minimum absolute atomic E-state index is 0.0347. The number of aliphatic hydroxyl groups is 1. The molecule has 0 aliphatic carbocycles. The Bertz CT molecular complexity index is 170. The van der Waals surface area contributed by atoms with Crippen LogP contribution in [0, 0.1) is 17.9 Å². The summed E-state index contributed by atoms with van der Waals surface area (Å²) in [6, 6.07) is 1.65. The Kier molecular flexibility index (Phi) is 3.02. The summed E-state index contributed by atoms with van der Waals surface area (Å²) >= 11 is 0. The van der Waals surface area contributed by atoms with E-state index in [1.165, 1.54) is 0 Å². The van der Waals surface area contributed by atoms with E-state index < -0.39 is 0 Å². The second-order valence-electron chi connectivity index (χ2n) is 1.08. The van der Waals surface area contributed by atoms with Crippen molar-refractivity contribution in [3.05, 3.63) is 23.3 Å². The van der Waals surface area contributed by atoms with Gasteiger partial charge in [0.05, 0.1) is 0 Å². The van der Waals surface area contributed by atoms with Crippen molar-refractivity contribution < 1.29 is 5.11 Å². The second-order valence-corrected chi connectivity index (χ2v) is 1.08. The lowest BCUT2D eigenvalue weighted by molar-refractivity contribution is 0.469. The molecule has 0 aromatic carbocycles. The first-order chi connectivity index (χ1) is 3.85. The van der Waals surface area contributed by atoms with E-state index in [0.717, 1.165) is 0 Å². The average molecular weight is 108 g/mol. The molecular weight excluding hydrogens is 104 g/mol. The molecule has 0 saturated carbocycles. The molecule has 0 amide bonds. The lowest BCUT2D eigenvalue weighted by atomic mass is 10.3. The summed E-state index contributed by atoms with van der Waals surface area (Å²) in [5.41, 5.74) is 0.0972. The number of rotatable bonds is 1. The number of nitriles is 1. The highest BCUT2D eigenvalue weighted by molar-refractivity contribution is 5.21. The Balaban J connectivity index is 3.83. The molecule has 0 bridgehead atoms. The minimum atomic E-state index is -0.0347. The molecule has 40 valence electrons. The predicted molar refractivity (Wildman–Crippen MR) is 27.8 cm³/mol. The van der Waals surface area contributed by atoms with Crippen molar-refractivity contribution >= 4 is 0 Å². The van der Waals surface area contributed by atoms with Crippen molar-refractivity contribution in [1.82, 2.24) is 0 Å². The fraction of sp³-hybridized carbons (Fsp3) is 0.200. The van der Waals surface area contributed by atoms with Gasteiger partial charge in [0, 0.05) is 0 Å². The molecule has 3 nitrogen and oxygen atoms in total. The van der Waals surface area contributed by atoms with Crippen molar-refractivity contribution in [2.45, 2.75) is 0 Å². The summed E-state index contributed by atoms with van der Waals surface area (Å²) in [5.74, 6) is 0. The maximum atomic E-state index is 8.13. The molecule has 0 saturated heterocycles. The normalized spacial score (nSPS) is 9.50. The first-order valence-electron chi connectivity index (χ1n) is 1.91. The molecule has 0 aromatic heterocycles. The van der Waals surface area contributed by atoms with Crippen molar-refractivity contribution in [3.8, 4) is 6.07 Å². The molecule has 8 heavy (non-hydrogen) atoms. The molecule has 3 heteroatoms. The third-order valence-electron chi connectivity index (χ3n) is 0.549. The van der Waals surface area contributed by atoms with Crippen LogP contribution in [0.5, 0.6) is 0 Å². The van der Waals surface area contributed by atoms with Gasteiger partial charge >= 0.3 is 0 Å². The Hall–Kier alpha value is -1.48. The van der Waals surface area contributed by atoms with E-state index in [4.69, 9.17) is 16.9 Å². The maximum Gasteiger partial charge on any atom is 0.252 e. The van der Waals surface area contributed by atoms with Gasteiger partial charge in [-0.25, -0.2) is 6.57 Å². The van der Waals surface area contributed by atoms with Gasteiger partial charge in [-0.15, -0.1) is 0 Å². The molecule has 0 heterocycles. The van der Waals surface area contributed by atoms with Gasteiger partial charge in [0.15, 0.2) is 0 Å². The highest BCUT2D eigenvalue weighted by Gasteiger charge is 1.93. The zero-order chi connectivity index (χ0) is 6.41. The zero-order valence-corrected chi connectivity index (χ0v) is 4.13. The zero-order valence-electron chi connectivity index (χ0n) is 4.13. The average Bonchev–Trinajstić information content (AvgIpc) is 1.83. The summed E-state index contributed by atoms with van der Waals surface area (Å²) in [7, 11) is 0. The third kappa shape index (κ3) is 1.84. The molecule has 0 aromatic rings. The van der Waals surface area contributed by atoms with Crippen molar-refractivity contribution in [2.24, 2.45) is 0 Å². The van der Waals surface area contributed by atoms with E-state index in [2.05, 4.69) is 4.85 Å². The van der Waals surface area contributed by atoms with Crippen molar-refractivity contribution in [3.63, 3.8) is 0 Å². The van der Waals surface area contributed by atoms with E-state index in [1.54, 1.807) is 6.07 Å². The van der Waals surface area contributed by atoms with Gasteiger partial charge in [0.25, 0.3) is 6.54 Å². The molecule has 0 fully saturated rings. The summed E-state index contributed by atoms with van der Waals surface area (Å²) < 4.78 is 0. The van der Waals surface area contributed by atoms with Crippen LogP contribution in [0.2, 0.25) is 0 Å². The van der Waals surface area contributed by atoms with Gasteiger partial charge in [-0.2, -0.15) is 5.26 Å². The number of hydrogen-bond acceptors (Lipinski definition) is 2. The third-order valence-corrected chi connectivity index (χ3v) is 0.549. The van der Waals surface area contributed by atoms with Gasteiger partial charge in [-0.1, -0.05) is 0 Å². The van der Waals surface area contributed by atoms with Crippen LogP contribution in [-0.4, -0.2) is 11.7 Å². The fourth-order valence-corrected chi connectivity index (χ4v) is 0.190. The van der Waals surface area contributed by atoms with Crippen LogP contribution in [0.3, 0.4) is 0 Å². The molecule has 0 atom stereocenters. The van der Waals surface area contributed by atoms with Crippen LogP contribution >= 0.6 is 0 Å². The summed E-state index contributed by atoms with van der Waals surface area (Å²) in [6.07, 6.45) is 0.651. The van der Waals surface area contributed by atoms with Crippen LogP contribution in [0.1, 0.15) is 0 Å². The van der Waals surface area contributed by atoms with E-state index in [-0.39, 0.29) is 12.1 Å². The Morgan fingerprint density at radius 3 is 2.75 bits per heavy atom. The smallest absolute Gasteiger partial charge is 0.252 e. The van der Waals surface area contributed by atoms with Crippen LogP contribution in [0.15, 0.2) is 11.8 Å². The van der Waals surface area contributed by atoms with Crippen LogP contribution in [-0.2, 0) is 0 Å². The van der Waals surface area contributed by atoms with Gasteiger partial charge in [-0.3, -0.25) is 0 Å². The van der Waals surface area contributed by atoms with Gasteiger partial charge in [0.2, 0.25) is 0 Å². The second kappa shape index (κ2) is 3.70. The quantitative estimate of drug-likeness (QED) is 0.308. The molecule has 1 N–H and O–H groups in total. The Morgan fingerprint density at radius 1 is 2.00 bits per heavy atom. The van der Waals surface area contributed by atoms with Crippen LogP contribution in [0.4, 0.5) is 0 Å². The van der Waals surface area contributed by atoms with E-state index in [1.807, 2.05) is 0 Å². The highest BCUT2D eigenvalue weighted by Crippen LogP contribution is 1.88. The molecular formula is C5H4N2O. The van der Waals surface area contributed by atoms with Crippen molar-refractivity contribution in [2.75, 3.05) is 6.54 Å². The van der Waals surface area contributed by atoms with E-state index in [0.29, 0.717) is 6.26 Å². The SMILES string of the molecule is [C-]#[N+]CC(C#N)=CO. The maximum absolute atomic E-state index is 8.13. The molecule has 0 spiro atoms. The lowest BCUT2D eigenvalue weighted by Gasteiger charge is -1.76. The first-order valence-corrected chi connectivity index (χ1v) is 1.91. The standard InChI is InChI=1S/C5H4N2O/c1-7-3-5(2-6)4-8/h4,8H,3H2. The minimum Gasteiger partial charge on any atom is -0.514 e. The van der Waals surface area contributed by atoms with Crippen LogP contribution < -0.4 is 0 Å². The molecule has 0 radical (unpaired) electrons.